The topological polar surface area (TPSA) is 51.5 Å². The molecule has 25 heavy (non-hydrogen) atoms. The number of ether oxygens (including phenoxy) is 1. The third-order valence-corrected chi connectivity index (χ3v) is 4.54. The highest BCUT2D eigenvalue weighted by Crippen LogP contribution is 2.34. The van der Waals surface area contributed by atoms with E-state index in [-0.39, 0.29) is 0 Å². The van der Waals surface area contributed by atoms with Gasteiger partial charge in [-0.25, -0.2) is 4.79 Å². The van der Waals surface area contributed by atoms with Crippen molar-refractivity contribution in [2.45, 2.75) is 32.2 Å². The van der Waals surface area contributed by atoms with Crippen molar-refractivity contribution in [2.24, 2.45) is 0 Å². The second-order valence-corrected chi connectivity index (χ2v) is 6.22. The highest BCUT2D eigenvalue weighted by atomic mass is 16.5. The van der Waals surface area contributed by atoms with Crippen molar-refractivity contribution in [2.75, 3.05) is 7.11 Å². The normalized spacial score (nSPS) is 12.2. The Bertz CT molecular complexity index is 867. The van der Waals surface area contributed by atoms with E-state index in [4.69, 9.17) is 4.74 Å². The van der Waals surface area contributed by atoms with Gasteiger partial charge >= 0.3 is 5.97 Å². The molecule has 0 amide bonds. The molecule has 4 heteroatoms. The first-order valence-electron chi connectivity index (χ1n) is 8.58. The van der Waals surface area contributed by atoms with Crippen LogP contribution in [0.4, 0.5) is 0 Å². The van der Waals surface area contributed by atoms with E-state index in [1.54, 1.807) is 7.11 Å². The number of nitrogens with zero attached hydrogens (tertiary/aromatic N) is 1. The lowest BCUT2D eigenvalue weighted by Crippen LogP contribution is -2.18. The molecule has 0 aliphatic heterocycles. The first-order valence-corrected chi connectivity index (χ1v) is 8.58. The van der Waals surface area contributed by atoms with Gasteiger partial charge in [-0.05, 0) is 30.0 Å². The Kier molecular flexibility index (Phi) is 5.08. The Morgan fingerprint density at radius 1 is 1.16 bits per heavy atom. The second-order valence-electron chi connectivity index (χ2n) is 6.22. The molecule has 1 heterocycles. The zero-order valence-corrected chi connectivity index (χ0v) is 14.6. The number of hydrogen-bond donors (Lipinski definition) is 1. The van der Waals surface area contributed by atoms with Gasteiger partial charge in [0.05, 0.1) is 12.6 Å². The number of carbonyl (C=O) groups is 1. The van der Waals surface area contributed by atoms with Gasteiger partial charge in [-0.2, -0.15) is 0 Å². The van der Waals surface area contributed by atoms with Crippen LogP contribution in [-0.2, 0) is 11.2 Å². The average molecular weight is 337 g/mol. The van der Waals surface area contributed by atoms with E-state index in [0.717, 1.165) is 29.3 Å². The van der Waals surface area contributed by atoms with Crippen molar-refractivity contribution in [3.63, 3.8) is 0 Å². The van der Waals surface area contributed by atoms with Gasteiger partial charge < -0.3 is 14.4 Å². The number of para-hydroxylation sites is 1. The molecule has 4 nitrogen and oxygen atoms in total. The van der Waals surface area contributed by atoms with E-state index < -0.39 is 12.0 Å². The average Bonchev–Trinajstić information content (AvgIpc) is 2.98. The fourth-order valence-electron chi connectivity index (χ4n) is 3.37. The van der Waals surface area contributed by atoms with Crippen molar-refractivity contribution < 1.29 is 14.6 Å². The first kappa shape index (κ1) is 17.1. The highest BCUT2D eigenvalue weighted by Gasteiger charge is 2.23. The van der Waals surface area contributed by atoms with Crippen LogP contribution in [0.15, 0.2) is 54.7 Å². The summed E-state index contributed by atoms with van der Waals surface area (Å²) in [7, 11) is 1.62. The zero-order valence-electron chi connectivity index (χ0n) is 14.6. The van der Waals surface area contributed by atoms with Crippen molar-refractivity contribution in [1.82, 2.24) is 4.57 Å². The van der Waals surface area contributed by atoms with Gasteiger partial charge in [-0.15, -0.1) is 0 Å². The summed E-state index contributed by atoms with van der Waals surface area (Å²) in [5.74, 6) is -0.102. The van der Waals surface area contributed by atoms with Crippen LogP contribution in [0.3, 0.4) is 0 Å². The minimum absolute atomic E-state index is 0.585. The van der Waals surface area contributed by atoms with Crippen LogP contribution in [0, 0.1) is 0 Å². The quantitative estimate of drug-likeness (QED) is 0.682. The predicted molar refractivity (Wildman–Crippen MR) is 99.3 cm³/mol. The largest absolute Gasteiger partial charge is 0.495 e. The molecule has 130 valence electrons. The number of benzene rings is 2. The summed E-state index contributed by atoms with van der Waals surface area (Å²) in [5.41, 5.74) is 3.17. The van der Waals surface area contributed by atoms with Crippen LogP contribution in [0.25, 0.3) is 10.9 Å². The number of fused-ring (bicyclic) bond motifs is 1. The summed E-state index contributed by atoms with van der Waals surface area (Å²) in [4.78, 5) is 11.8. The molecule has 2 aromatic carbocycles. The fraction of sp³-hybridized carbons (Fsp3) is 0.286. The van der Waals surface area contributed by atoms with Crippen molar-refractivity contribution in [1.29, 1.82) is 0 Å². The molecule has 0 aliphatic carbocycles. The standard InChI is InChI=1S/C21H23NO3/c1-3-8-18(21(23)24)22-14-16(13-15-9-5-4-6-10-15)17-11-7-12-19(25-2)20(17)22/h4-7,9-12,14,18H,3,8,13H2,1-2H3,(H,23,24). The zero-order chi connectivity index (χ0) is 17.8. The maximum Gasteiger partial charge on any atom is 0.326 e. The van der Waals surface area contributed by atoms with Gasteiger partial charge in [0, 0.05) is 11.6 Å². The number of aromatic nitrogens is 1. The van der Waals surface area contributed by atoms with Gasteiger partial charge in [0.15, 0.2) is 0 Å². The number of rotatable bonds is 7. The third kappa shape index (κ3) is 3.38. The summed E-state index contributed by atoms with van der Waals surface area (Å²) < 4.78 is 7.40. The number of methoxy groups -OCH3 is 1. The molecule has 0 radical (unpaired) electrons. The van der Waals surface area contributed by atoms with E-state index in [0.29, 0.717) is 12.2 Å². The minimum atomic E-state index is -0.809. The number of carboxylic acids is 1. The number of carboxylic acid groups (broad SMARTS) is 1. The highest BCUT2D eigenvalue weighted by molar-refractivity contribution is 5.91. The van der Waals surface area contributed by atoms with Gasteiger partial charge in [0.25, 0.3) is 0 Å². The molecule has 0 bridgehead atoms. The van der Waals surface area contributed by atoms with E-state index >= 15 is 0 Å². The SMILES string of the molecule is CCCC(C(=O)O)n1cc(Cc2ccccc2)c2cccc(OC)c21. The van der Waals surface area contributed by atoms with Crippen LogP contribution in [0.1, 0.15) is 36.9 Å². The smallest absolute Gasteiger partial charge is 0.326 e. The van der Waals surface area contributed by atoms with Crippen molar-refractivity contribution in [3.05, 3.63) is 65.9 Å². The van der Waals surface area contributed by atoms with Crippen LogP contribution in [-0.4, -0.2) is 22.8 Å². The molecular formula is C21H23NO3. The Hall–Kier alpha value is -2.75. The molecule has 1 atom stereocenters. The summed E-state index contributed by atoms with van der Waals surface area (Å²) >= 11 is 0. The molecule has 0 saturated heterocycles. The Balaban J connectivity index is 2.17. The Morgan fingerprint density at radius 2 is 1.92 bits per heavy atom. The van der Waals surface area contributed by atoms with Gasteiger partial charge in [0.2, 0.25) is 0 Å². The monoisotopic (exact) mass is 337 g/mol. The molecule has 0 saturated carbocycles. The maximum absolute atomic E-state index is 11.8. The van der Waals surface area contributed by atoms with E-state index in [1.807, 2.05) is 54.1 Å². The van der Waals surface area contributed by atoms with Crippen LogP contribution >= 0.6 is 0 Å². The third-order valence-electron chi connectivity index (χ3n) is 4.54. The van der Waals surface area contributed by atoms with Crippen molar-refractivity contribution >= 4 is 16.9 Å². The summed E-state index contributed by atoms with van der Waals surface area (Å²) in [5, 5.41) is 10.8. The molecule has 1 aromatic heterocycles. The molecule has 0 spiro atoms. The maximum atomic E-state index is 11.8. The molecule has 1 unspecified atom stereocenters. The minimum Gasteiger partial charge on any atom is -0.495 e. The molecule has 3 aromatic rings. The van der Waals surface area contributed by atoms with Gasteiger partial charge in [-0.3, -0.25) is 0 Å². The summed E-state index contributed by atoms with van der Waals surface area (Å²) in [6.45, 7) is 2.00. The van der Waals surface area contributed by atoms with Gasteiger partial charge in [0.1, 0.15) is 11.8 Å². The van der Waals surface area contributed by atoms with E-state index in [1.165, 1.54) is 5.56 Å². The van der Waals surface area contributed by atoms with Crippen molar-refractivity contribution in [3.8, 4) is 5.75 Å². The second kappa shape index (κ2) is 7.43. The van der Waals surface area contributed by atoms with Crippen LogP contribution < -0.4 is 4.74 Å². The molecule has 0 fully saturated rings. The first-order chi connectivity index (χ1) is 12.2. The molecule has 3 rings (SSSR count). The van der Waals surface area contributed by atoms with E-state index in [2.05, 4.69) is 12.1 Å². The van der Waals surface area contributed by atoms with Crippen LogP contribution in [0.5, 0.6) is 5.75 Å². The lowest BCUT2D eigenvalue weighted by molar-refractivity contribution is -0.141. The summed E-state index contributed by atoms with van der Waals surface area (Å²) in [6, 6.07) is 15.5. The summed E-state index contributed by atoms with van der Waals surface area (Å²) in [6.07, 6.45) is 4.13. The predicted octanol–water partition coefficient (Wildman–Crippen LogP) is 4.67. The molecule has 1 N–H and O–H groups in total. The lowest BCUT2D eigenvalue weighted by Gasteiger charge is -2.16. The Labute approximate surface area is 147 Å². The van der Waals surface area contributed by atoms with E-state index in [9.17, 15) is 9.90 Å². The molecular weight excluding hydrogens is 314 g/mol. The van der Waals surface area contributed by atoms with Gasteiger partial charge in [-0.1, -0.05) is 55.8 Å². The molecule has 0 aliphatic rings. The lowest BCUT2D eigenvalue weighted by atomic mass is 10.0. The van der Waals surface area contributed by atoms with Crippen LogP contribution in [0.2, 0.25) is 0 Å². The Morgan fingerprint density at radius 3 is 2.56 bits per heavy atom. The number of hydrogen-bond acceptors (Lipinski definition) is 2. The fourth-order valence-corrected chi connectivity index (χ4v) is 3.37. The number of aliphatic carboxylic acids is 1.